The molecule has 0 saturated carbocycles. The number of terminal acetylenes is 1. The molecule has 0 unspecified atom stereocenters. The maximum Gasteiger partial charge on any atom is 0.123 e. The number of rotatable bonds is 6. The summed E-state index contributed by atoms with van der Waals surface area (Å²) in [6.45, 7) is 1.73. The molecule has 0 aromatic heterocycles. The van der Waals surface area contributed by atoms with Crippen LogP contribution in [-0.4, -0.2) is 13.7 Å². The minimum atomic E-state index is 0.799. The Morgan fingerprint density at radius 2 is 2.31 bits per heavy atom. The maximum atomic E-state index is 5.29. The van der Waals surface area contributed by atoms with Gasteiger partial charge in [0.25, 0.3) is 0 Å². The Kier molecular flexibility index (Phi) is 5.99. The first-order valence-electron chi connectivity index (χ1n) is 5.24. The smallest absolute Gasteiger partial charge is 0.123 e. The molecule has 1 rings (SSSR count). The summed E-state index contributed by atoms with van der Waals surface area (Å²) in [5, 5.41) is 3.34. The van der Waals surface area contributed by atoms with E-state index in [0.717, 1.165) is 41.7 Å². The molecule has 86 valence electrons. The van der Waals surface area contributed by atoms with Crippen LogP contribution in [0.2, 0.25) is 0 Å². The monoisotopic (exact) mass is 281 g/mol. The van der Waals surface area contributed by atoms with E-state index in [1.807, 2.05) is 12.1 Å². The number of benzene rings is 1. The van der Waals surface area contributed by atoms with Gasteiger partial charge in [-0.1, -0.05) is 15.9 Å². The lowest BCUT2D eigenvalue weighted by Gasteiger charge is -2.09. The summed E-state index contributed by atoms with van der Waals surface area (Å²) >= 11 is 3.45. The molecule has 0 heterocycles. The minimum absolute atomic E-state index is 0.799. The molecule has 0 fully saturated rings. The van der Waals surface area contributed by atoms with Crippen LogP contribution in [-0.2, 0) is 6.54 Å². The summed E-state index contributed by atoms with van der Waals surface area (Å²) in [5.41, 5.74) is 1.15. The lowest BCUT2D eigenvalue weighted by atomic mass is 10.2. The maximum absolute atomic E-state index is 5.29. The first-order chi connectivity index (χ1) is 7.77. The van der Waals surface area contributed by atoms with Crippen molar-refractivity contribution >= 4 is 15.9 Å². The van der Waals surface area contributed by atoms with Gasteiger partial charge in [-0.15, -0.1) is 12.3 Å². The van der Waals surface area contributed by atoms with E-state index in [1.54, 1.807) is 7.11 Å². The van der Waals surface area contributed by atoms with Gasteiger partial charge in [0.1, 0.15) is 5.75 Å². The number of nitrogens with one attached hydrogen (secondary N) is 1. The molecule has 1 aromatic carbocycles. The molecule has 0 aliphatic heterocycles. The predicted molar refractivity (Wildman–Crippen MR) is 70.5 cm³/mol. The van der Waals surface area contributed by atoms with Crippen LogP contribution < -0.4 is 10.1 Å². The van der Waals surface area contributed by atoms with Gasteiger partial charge in [0, 0.05) is 23.0 Å². The van der Waals surface area contributed by atoms with Crippen LogP contribution in [0.25, 0.3) is 0 Å². The van der Waals surface area contributed by atoms with Crippen molar-refractivity contribution in [2.75, 3.05) is 13.7 Å². The van der Waals surface area contributed by atoms with Gasteiger partial charge in [0.15, 0.2) is 0 Å². The summed E-state index contributed by atoms with van der Waals surface area (Å²) in [5.74, 6) is 3.54. The van der Waals surface area contributed by atoms with E-state index in [0.29, 0.717) is 0 Å². The summed E-state index contributed by atoms with van der Waals surface area (Å²) in [6, 6.07) is 6.00. The number of halogens is 1. The second-order valence-electron chi connectivity index (χ2n) is 3.44. The average Bonchev–Trinajstić information content (AvgIpc) is 2.29. The Hall–Kier alpha value is -0.980. The molecule has 0 bridgehead atoms. The van der Waals surface area contributed by atoms with Crippen molar-refractivity contribution in [3.8, 4) is 18.1 Å². The highest BCUT2D eigenvalue weighted by Gasteiger charge is 2.02. The summed E-state index contributed by atoms with van der Waals surface area (Å²) in [7, 11) is 1.69. The topological polar surface area (TPSA) is 21.3 Å². The number of hydrogen-bond acceptors (Lipinski definition) is 2. The third kappa shape index (κ3) is 4.26. The number of ether oxygens (including phenoxy) is 1. The van der Waals surface area contributed by atoms with Crippen molar-refractivity contribution in [1.29, 1.82) is 0 Å². The predicted octanol–water partition coefficient (Wildman–Crippen LogP) is 2.96. The molecule has 0 amide bonds. The summed E-state index contributed by atoms with van der Waals surface area (Å²) in [6.07, 6.45) is 7.01. The van der Waals surface area contributed by atoms with Gasteiger partial charge in [0.2, 0.25) is 0 Å². The first-order valence-corrected chi connectivity index (χ1v) is 6.04. The quantitative estimate of drug-likeness (QED) is 0.640. The lowest BCUT2D eigenvalue weighted by Crippen LogP contribution is -2.15. The Morgan fingerprint density at radius 3 is 3.00 bits per heavy atom. The van der Waals surface area contributed by atoms with Gasteiger partial charge in [-0.05, 0) is 31.2 Å². The number of unbranched alkanes of at least 4 members (excludes halogenated alkanes) is 1. The van der Waals surface area contributed by atoms with Crippen LogP contribution in [0.15, 0.2) is 22.7 Å². The second-order valence-corrected chi connectivity index (χ2v) is 4.36. The minimum Gasteiger partial charge on any atom is -0.496 e. The van der Waals surface area contributed by atoms with Crippen molar-refractivity contribution in [2.24, 2.45) is 0 Å². The van der Waals surface area contributed by atoms with Crippen molar-refractivity contribution in [3.05, 3.63) is 28.2 Å². The zero-order valence-electron chi connectivity index (χ0n) is 9.42. The van der Waals surface area contributed by atoms with Crippen molar-refractivity contribution in [3.63, 3.8) is 0 Å². The fourth-order valence-electron chi connectivity index (χ4n) is 1.42. The molecular formula is C13H16BrNO. The highest BCUT2D eigenvalue weighted by Crippen LogP contribution is 2.22. The molecule has 0 radical (unpaired) electrons. The third-order valence-electron chi connectivity index (χ3n) is 2.23. The zero-order chi connectivity index (χ0) is 11.8. The van der Waals surface area contributed by atoms with Crippen LogP contribution in [0, 0.1) is 12.3 Å². The molecule has 0 spiro atoms. The van der Waals surface area contributed by atoms with E-state index in [9.17, 15) is 0 Å². The van der Waals surface area contributed by atoms with Crippen molar-refractivity contribution in [1.82, 2.24) is 5.32 Å². The molecule has 0 aliphatic carbocycles. The van der Waals surface area contributed by atoms with Crippen LogP contribution >= 0.6 is 15.9 Å². The number of hydrogen-bond donors (Lipinski definition) is 1. The summed E-state index contributed by atoms with van der Waals surface area (Å²) in [4.78, 5) is 0. The molecule has 16 heavy (non-hydrogen) atoms. The van der Waals surface area contributed by atoms with Gasteiger partial charge in [-0.3, -0.25) is 0 Å². The van der Waals surface area contributed by atoms with Crippen LogP contribution in [0.4, 0.5) is 0 Å². The highest BCUT2D eigenvalue weighted by atomic mass is 79.9. The van der Waals surface area contributed by atoms with E-state index < -0.39 is 0 Å². The molecule has 0 saturated heterocycles. The normalized spacial score (nSPS) is 9.81. The number of methoxy groups -OCH3 is 1. The Balaban J connectivity index is 2.46. The highest BCUT2D eigenvalue weighted by molar-refractivity contribution is 9.10. The van der Waals surface area contributed by atoms with E-state index >= 15 is 0 Å². The molecule has 1 N–H and O–H groups in total. The van der Waals surface area contributed by atoms with Crippen molar-refractivity contribution < 1.29 is 4.74 Å². The molecular weight excluding hydrogens is 266 g/mol. The van der Waals surface area contributed by atoms with E-state index in [1.165, 1.54) is 0 Å². The largest absolute Gasteiger partial charge is 0.496 e. The zero-order valence-corrected chi connectivity index (χ0v) is 11.0. The molecule has 3 heteroatoms. The van der Waals surface area contributed by atoms with Gasteiger partial charge in [0.05, 0.1) is 7.11 Å². The van der Waals surface area contributed by atoms with E-state index in [4.69, 9.17) is 11.2 Å². The van der Waals surface area contributed by atoms with Gasteiger partial charge in [-0.25, -0.2) is 0 Å². The van der Waals surface area contributed by atoms with Crippen molar-refractivity contribution in [2.45, 2.75) is 19.4 Å². The Morgan fingerprint density at radius 1 is 1.50 bits per heavy atom. The van der Waals surface area contributed by atoms with Crippen LogP contribution in [0.3, 0.4) is 0 Å². The third-order valence-corrected chi connectivity index (χ3v) is 2.73. The van der Waals surface area contributed by atoms with Gasteiger partial charge in [-0.2, -0.15) is 0 Å². The summed E-state index contributed by atoms with van der Waals surface area (Å²) < 4.78 is 6.35. The lowest BCUT2D eigenvalue weighted by molar-refractivity contribution is 0.407. The fraction of sp³-hybridized carbons (Fsp3) is 0.385. The molecule has 2 nitrogen and oxygen atoms in total. The molecule has 1 aromatic rings. The van der Waals surface area contributed by atoms with Gasteiger partial charge < -0.3 is 10.1 Å². The molecule has 0 atom stereocenters. The first kappa shape index (κ1) is 13.1. The Labute approximate surface area is 106 Å². The van der Waals surface area contributed by atoms with Crippen LogP contribution in [0.5, 0.6) is 5.75 Å². The van der Waals surface area contributed by atoms with E-state index in [2.05, 4.69) is 33.2 Å². The second kappa shape index (κ2) is 7.32. The van der Waals surface area contributed by atoms with Gasteiger partial charge >= 0.3 is 0 Å². The Bertz CT molecular complexity index is 371. The van der Waals surface area contributed by atoms with Crippen LogP contribution in [0.1, 0.15) is 18.4 Å². The van der Waals surface area contributed by atoms with E-state index in [-0.39, 0.29) is 0 Å². The SMILES string of the molecule is C#CCCCNCc1cc(Br)ccc1OC. The average molecular weight is 282 g/mol. The standard InChI is InChI=1S/C13H16BrNO/c1-3-4-5-8-15-10-11-9-12(14)6-7-13(11)16-2/h1,6-7,9,15H,4-5,8,10H2,2H3. The molecule has 0 aliphatic rings. The fourth-order valence-corrected chi connectivity index (χ4v) is 1.83.